The average Bonchev–Trinajstić information content (AvgIpc) is 2.63. The molecule has 0 spiro atoms. The lowest BCUT2D eigenvalue weighted by molar-refractivity contribution is 0.103. The number of hydrogen-bond donors (Lipinski definition) is 2. The fraction of sp³-hybridized carbons (Fsp3) is 0.0500. The van der Waals surface area contributed by atoms with Crippen LogP contribution < -0.4 is 16.2 Å². The number of carbonyl (C=O) groups excluding carboxylic acids is 1. The third-order valence-electron chi connectivity index (χ3n) is 3.75. The standard InChI is InChI=1S/C20H18N2O2/c21-18-8-4-7-17(19(18)22)20(23)15-9-11-16(12-10-15)24-13-14-5-2-1-3-6-14/h1-12H,13,21-22H2. The monoisotopic (exact) mass is 318 g/mol. The van der Waals surface area contributed by atoms with Crippen LogP contribution in [0.4, 0.5) is 11.4 Å². The third kappa shape index (κ3) is 3.38. The molecule has 0 saturated heterocycles. The fourth-order valence-corrected chi connectivity index (χ4v) is 2.38. The molecule has 3 aromatic rings. The summed E-state index contributed by atoms with van der Waals surface area (Å²) in [5.41, 5.74) is 14.4. The Balaban J connectivity index is 1.72. The number of nitrogens with two attached hydrogens (primary N) is 2. The second kappa shape index (κ2) is 6.87. The molecule has 0 atom stereocenters. The van der Waals surface area contributed by atoms with Crippen molar-refractivity contribution in [2.24, 2.45) is 0 Å². The maximum absolute atomic E-state index is 12.5. The number of para-hydroxylation sites is 1. The molecule has 24 heavy (non-hydrogen) atoms. The molecular weight excluding hydrogens is 300 g/mol. The minimum atomic E-state index is -0.158. The summed E-state index contributed by atoms with van der Waals surface area (Å²) < 4.78 is 5.72. The van der Waals surface area contributed by atoms with E-state index in [2.05, 4.69) is 0 Å². The summed E-state index contributed by atoms with van der Waals surface area (Å²) in [5.74, 6) is 0.547. The van der Waals surface area contributed by atoms with Crippen molar-refractivity contribution in [3.05, 3.63) is 89.5 Å². The zero-order valence-electron chi connectivity index (χ0n) is 13.1. The molecule has 0 amide bonds. The van der Waals surface area contributed by atoms with Crippen molar-refractivity contribution in [1.29, 1.82) is 0 Å². The molecule has 4 heteroatoms. The molecule has 0 unspecified atom stereocenters. The summed E-state index contributed by atoms with van der Waals surface area (Å²) in [6.45, 7) is 0.482. The van der Waals surface area contributed by atoms with Gasteiger partial charge in [0.25, 0.3) is 0 Å². The Morgan fingerprint density at radius 2 is 1.54 bits per heavy atom. The SMILES string of the molecule is Nc1cccc(C(=O)c2ccc(OCc3ccccc3)cc2)c1N. The molecule has 0 aliphatic rings. The summed E-state index contributed by atoms with van der Waals surface area (Å²) >= 11 is 0. The summed E-state index contributed by atoms with van der Waals surface area (Å²) in [4.78, 5) is 12.5. The molecule has 0 aliphatic carbocycles. The predicted octanol–water partition coefficient (Wildman–Crippen LogP) is 3.66. The van der Waals surface area contributed by atoms with Crippen LogP contribution in [0.5, 0.6) is 5.75 Å². The second-order valence-corrected chi connectivity index (χ2v) is 5.44. The normalized spacial score (nSPS) is 10.3. The van der Waals surface area contributed by atoms with Gasteiger partial charge in [0, 0.05) is 11.1 Å². The number of anilines is 2. The summed E-state index contributed by atoms with van der Waals surface area (Å²) in [6.07, 6.45) is 0. The lowest BCUT2D eigenvalue weighted by atomic mass is 10.0. The van der Waals surface area contributed by atoms with Crippen LogP contribution in [0.3, 0.4) is 0 Å². The fourth-order valence-electron chi connectivity index (χ4n) is 2.38. The van der Waals surface area contributed by atoms with Crippen LogP contribution in [-0.2, 0) is 6.61 Å². The van der Waals surface area contributed by atoms with Gasteiger partial charge in [-0.1, -0.05) is 36.4 Å². The van der Waals surface area contributed by atoms with Gasteiger partial charge in [-0.3, -0.25) is 4.79 Å². The number of benzene rings is 3. The minimum absolute atomic E-state index is 0.158. The van der Waals surface area contributed by atoms with Crippen LogP contribution in [0.15, 0.2) is 72.8 Å². The Kier molecular flexibility index (Phi) is 4.47. The molecule has 0 aliphatic heterocycles. The molecule has 120 valence electrons. The Bertz CT molecular complexity index is 843. The van der Waals surface area contributed by atoms with E-state index in [0.717, 1.165) is 5.56 Å². The van der Waals surface area contributed by atoms with Gasteiger partial charge in [-0.2, -0.15) is 0 Å². The van der Waals surface area contributed by atoms with Gasteiger partial charge >= 0.3 is 0 Å². The minimum Gasteiger partial charge on any atom is -0.489 e. The molecule has 0 saturated carbocycles. The highest BCUT2D eigenvalue weighted by molar-refractivity contribution is 6.13. The highest BCUT2D eigenvalue weighted by atomic mass is 16.5. The average molecular weight is 318 g/mol. The number of ketones is 1. The van der Waals surface area contributed by atoms with Crippen molar-refractivity contribution >= 4 is 17.2 Å². The third-order valence-corrected chi connectivity index (χ3v) is 3.75. The predicted molar refractivity (Wildman–Crippen MR) is 95.9 cm³/mol. The van der Waals surface area contributed by atoms with Crippen LogP contribution in [0.1, 0.15) is 21.5 Å². The van der Waals surface area contributed by atoms with Crippen molar-refractivity contribution < 1.29 is 9.53 Å². The first-order valence-electron chi connectivity index (χ1n) is 7.60. The van der Waals surface area contributed by atoms with Crippen LogP contribution in [0.25, 0.3) is 0 Å². The number of ether oxygens (including phenoxy) is 1. The van der Waals surface area contributed by atoms with E-state index in [0.29, 0.717) is 34.9 Å². The first-order valence-corrected chi connectivity index (χ1v) is 7.60. The molecule has 0 aromatic heterocycles. The molecular formula is C20H18N2O2. The van der Waals surface area contributed by atoms with E-state index in [1.807, 2.05) is 30.3 Å². The van der Waals surface area contributed by atoms with Crippen molar-refractivity contribution in [2.75, 3.05) is 11.5 Å². The van der Waals surface area contributed by atoms with Crippen molar-refractivity contribution in [1.82, 2.24) is 0 Å². The van der Waals surface area contributed by atoms with Crippen molar-refractivity contribution in [3.8, 4) is 5.75 Å². The van der Waals surface area contributed by atoms with Crippen molar-refractivity contribution in [2.45, 2.75) is 6.61 Å². The Morgan fingerprint density at radius 1 is 0.833 bits per heavy atom. The van der Waals surface area contributed by atoms with Crippen LogP contribution in [-0.4, -0.2) is 5.78 Å². The lowest BCUT2D eigenvalue weighted by Crippen LogP contribution is -2.07. The first kappa shape index (κ1) is 15.6. The number of carbonyl (C=O) groups is 1. The van der Waals surface area contributed by atoms with Gasteiger partial charge in [-0.15, -0.1) is 0 Å². The highest BCUT2D eigenvalue weighted by Gasteiger charge is 2.13. The van der Waals surface area contributed by atoms with Gasteiger partial charge < -0.3 is 16.2 Å². The number of rotatable bonds is 5. The second-order valence-electron chi connectivity index (χ2n) is 5.44. The molecule has 0 radical (unpaired) electrons. The van der Waals surface area contributed by atoms with Crippen LogP contribution in [0, 0.1) is 0 Å². The van der Waals surface area contributed by atoms with Crippen molar-refractivity contribution in [3.63, 3.8) is 0 Å². The quantitative estimate of drug-likeness (QED) is 0.556. The van der Waals surface area contributed by atoms with Gasteiger partial charge in [0.15, 0.2) is 5.78 Å². The highest BCUT2D eigenvalue weighted by Crippen LogP contribution is 2.23. The molecule has 4 nitrogen and oxygen atoms in total. The van der Waals surface area contributed by atoms with E-state index in [9.17, 15) is 4.79 Å². The van der Waals surface area contributed by atoms with Gasteiger partial charge in [-0.05, 0) is 42.0 Å². The van der Waals surface area contributed by atoms with E-state index in [4.69, 9.17) is 16.2 Å². The molecule has 3 aromatic carbocycles. The van der Waals surface area contributed by atoms with Gasteiger partial charge in [0.1, 0.15) is 12.4 Å². The van der Waals surface area contributed by atoms with E-state index >= 15 is 0 Å². The Labute approximate surface area is 140 Å². The maximum atomic E-state index is 12.5. The Morgan fingerprint density at radius 3 is 2.25 bits per heavy atom. The molecule has 0 bridgehead atoms. The Hall–Kier alpha value is -3.27. The topological polar surface area (TPSA) is 78.3 Å². The molecule has 4 N–H and O–H groups in total. The molecule has 3 rings (SSSR count). The van der Waals surface area contributed by atoms with Gasteiger partial charge in [-0.25, -0.2) is 0 Å². The van der Waals surface area contributed by atoms with Crippen LogP contribution >= 0.6 is 0 Å². The van der Waals surface area contributed by atoms with E-state index < -0.39 is 0 Å². The first-order chi connectivity index (χ1) is 11.6. The van der Waals surface area contributed by atoms with E-state index in [1.54, 1.807) is 42.5 Å². The summed E-state index contributed by atoms with van der Waals surface area (Å²) in [7, 11) is 0. The number of hydrogen-bond acceptors (Lipinski definition) is 4. The zero-order chi connectivity index (χ0) is 16.9. The summed E-state index contributed by atoms with van der Waals surface area (Å²) in [6, 6.07) is 22.0. The lowest BCUT2D eigenvalue weighted by Gasteiger charge is -2.09. The number of nitrogen functional groups attached to an aromatic ring is 2. The largest absolute Gasteiger partial charge is 0.489 e. The van der Waals surface area contributed by atoms with Gasteiger partial charge in [0.2, 0.25) is 0 Å². The van der Waals surface area contributed by atoms with E-state index in [1.165, 1.54) is 0 Å². The summed E-state index contributed by atoms with van der Waals surface area (Å²) in [5, 5.41) is 0. The van der Waals surface area contributed by atoms with Crippen LogP contribution in [0.2, 0.25) is 0 Å². The molecule has 0 heterocycles. The maximum Gasteiger partial charge on any atom is 0.195 e. The van der Waals surface area contributed by atoms with Gasteiger partial charge in [0.05, 0.1) is 11.4 Å². The smallest absolute Gasteiger partial charge is 0.195 e. The molecule has 0 fully saturated rings. The zero-order valence-corrected chi connectivity index (χ0v) is 13.1. The van der Waals surface area contributed by atoms with E-state index in [-0.39, 0.29) is 5.78 Å².